The van der Waals surface area contributed by atoms with Crippen LogP contribution in [0.15, 0.2) is 29.4 Å². The monoisotopic (exact) mass is 277 g/mol. The Balaban J connectivity index is 2.40. The number of ether oxygens (including phenoxy) is 1. The molecule has 1 atom stereocenters. The van der Waals surface area contributed by atoms with Crippen LogP contribution in [0.3, 0.4) is 0 Å². The molecule has 88 valence electrons. The number of rotatable bonds is 6. The van der Waals surface area contributed by atoms with Crippen molar-refractivity contribution in [1.82, 2.24) is 4.98 Å². The molecular weight excluding hydrogens is 266 g/mol. The molecule has 0 radical (unpaired) electrons. The maximum absolute atomic E-state index is 10.6. The van der Waals surface area contributed by atoms with Crippen molar-refractivity contribution in [3.8, 4) is 0 Å². The normalized spacial score (nSPS) is 12.1. The lowest BCUT2D eigenvalue weighted by Crippen LogP contribution is -2.08. The van der Waals surface area contributed by atoms with E-state index in [-0.39, 0.29) is 5.44 Å². The van der Waals surface area contributed by atoms with E-state index in [1.807, 2.05) is 25.1 Å². The Morgan fingerprint density at radius 3 is 3.00 bits per heavy atom. The molecule has 0 spiro atoms. The first-order chi connectivity index (χ1) is 7.72. The molecule has 1 unspecified atom stereocenters. The van der Waals surface area contributed by atoms with Gasteiger partial charge in [-0.25, -0.2) is 9.78 Å². The zero-order valence-corrected chi connectivity index (χ0v) is 11.1. The van der Waals surface area contributed by atoms with Gasteiger partial charge in [-0.2, -0.15) is 0 Å². The van der Waals surface area contributed by atoms with Crippen LogP contribution in [0.2, 0.25) is 0 Å². The highest BCUT2D eigenvalue weighted by molar-refractivity contribution is 8.76. The van der Waals surface area contributed by atoms with Gasteiger partial charge in [0.15, 0.2) is 5.44 Å². The van der Waals surface area contributed by atoms with Crippen LogP contribution in [0, 0.1) is 0 Å². The molecule has 16 heavy (non-hydrogen) atoms. The molecule has 1 rings (SSSR count). The van der Waals surface area contributed by atoms with E-state index in [1.165, 1.54) is 21.6 Å². The van der Waals surface area contributed by atoms with Crippen LogP contribution < -0.4 is 0 Å². The fourth-order valence-corrected chi connectivity index (χ4v) is 3.35. The van der Waals surface area contributed by atoms with Crippen LogP contribution in [0.4, 0.5) is 4.79 Å². The molecule has 1 aromatic heterocycles. The molecule has 0 saturated heterocycles. The number of aromatic nitrogens is 1. The van der Waals surface area contributed by atoms with Crippen LogP contribution in [0.25, 0.3) is 0 Å². The summed E-state index contributed by atoms with van der Waals surface area (Å²) in [5.41, 5.74) is -0.977. The predicted octanol–water partition coefficient (Wildman–Crippen LogP) is 4.32. The van der Waals surface area contributed by atoms with E-state index in [9.17, 15) is 4.79 Å². The smallest absolute Gasteiger partial charge is 0.404 e. The van der Waals surface area contributed by atoms with Crippen molar-refractivity contribution in [3.63, 3.8) is 0 Å². The fraction of sp³-hybridized carbons (Fsp3) is 0.400. The Bertz CT molecular complexity index is 324. The molecule has 0 bridgehead atoms. The molecule has 1 heterocycles. The molecule has 0 fully saturated rings. The predicted molar refractivity (Wildman–Crippen MR) is 68.7 cm³/mol. The van der Waals surface area contributed by atoms with Crippen LogP contribution in [0.1, 0.15) is 19.8 Å². The number of pyridine rings is 1. The van der Waals surface area contributed by atoms with Gasteiger partial charge in [0.2, 0.25) is 0 Å². The van der Waals surface area contributed by atoms with Crippen molar-refractivity contribution in [2.75, 3.05) is 0 Å². The summed E-state index contributed by atoms with van der Waals surface area (Å²) in [6.07, 6.45) is 3.44. The van der Waals surface area contributed by atoms with E-state index in [0.29, 0.717) is 0 Å². The third kappa shape index (κ3) is 5.63. The van der Waals surface area contributed by atoms with Gasteiger partial charge < -0.3 is 4.74 Å². The van der Waals surface area contributed by atoms with E-state index in [2.05, 4.69) is 4.98 Å². The third-order valence-corrected chi connectivity index (χ3v) is 4.22. The summed E-state index contributed by atoms with van der Waals surface area (Å²) in [6.45, 7) is 2.03. The van der Waals surface area contributed by atoms with Gasteiger partial charge >= 0.3 is 5.43 Å². The van der Waals surface area contributed by atoms with E-state index in [1.54, 1.807) is 6.20 Å². The number of nitrogens with zero attached hydrogens (tertiary/aromatic N) is 1. The lowest BCUT2D eigenvalue weighted by atomic mass is 10.4. The van der Waals surface area contributed by atoms with Gasteiger partial charge in [-0.15, -0.1) is 0 Å². The zero-order chi connectivity index (χ0) is 11.8. The van der Waals surface area contributed by atoms with Crippen molar-refractivity contribution < 1.29 is 9.53 Å². The molecule has 0 saturated carbocycles. The highest BCUT2D eigenvalue weighted by atomic mass is 35.5. The Morgan fingerprint density at radius 2 is 2.44 bits per heavy atom. The van der Waals surface area contributed by atoms with Crippen molar-refractivity contribution in [1.29, 1.82) is 0 Å². The summed E-state index contributed by atoms with van der Waals surface area (Å²) >= 11 is 5.19. The van der Waals surface area contributed by atoms with Gasteiger partial charge in [-0.3, -0.25) is 0 Å². The van der Waals surface area contributed by atoms with Crippen LogP contribution in [-0.4, -0.2) is 15.8 Å². The van der Waals surface area contributed by atoms with E-state index < -0.39 is 5.43 Å². The SMILES string of the molecule is CCCC(OC(=O)Cl)SSc1ccccn1. The second kappa shape index (κ2) is 7.81. The summed E-state index contributed by atoms with van der Waals surface area (Å²) in [6, 6.07) is 5.68. The second-order valence-corrected chi connectivity index (χ2v) is 5.61. The minimum Gasteiger partial charge on any atom is -0.438 e. The summed E-state index contributed by atoms with van der Waals surface area (Å²) in [5.74, 6) is 0. The third-order valence-electron chi connectivity index (χ3n) is 1.63. The van der Waals surface area contributed by atoms with Gasteiger partial charge in [0.25, 0.3) is 0 Å². The number of carbonyl (C=O) groups excluding carboxylic acids is 1. The van der Waals surface area contributed by atoms with Gasteiger partial charge in [-0.05, 0) is 40.1 Å². The van der Waals surface area contributed by atoms with E-state index in [0.717, 1.165) is 17.9 Å². The maximum Gasteiger partial charge on any atom is 0.404 e. The largest absolute Gasteiger partial charge is 0.438 e. The van der Waals surface area contributed by atoms with Crippen molar-refractivity contribution in [2.45, 2.75) is 30.2 Å². The highest BCUT2D eigenvalue weighted by Gasteiger charge is 2.13. The Morgan fingerprint density at radius 1 is 1.62 bits per heavy atom. The first-order valence-electron chi connectivity index (χ1n) is 4.83. The Kier molecular flexibility index (Phi) is 6.68. The van der Waals surface area contributed by atoms with Gasteiger partial charge in [0.05, 0.1) is 0 Å². The lowest BCUT2D eigenvalue weighted by Gasteiger charge is -2.13. The topological polar surface area (TPSA) is 39.2 Å². The number of carbonyl (C=O) groups is 1. The molecule has 1 aromatic rings. The first-order valence-corrected chi connectivity index (χ1v) is 7.42. The minimum atomic E-state index is -0.757. The first kappa shape index (κ1) is 13.7. The summed E-state index contributed by atoms with van der Waals surface area (Å²) < 4.78 is 4.95. The summed E-state index contributed by atoms with van der Waals surface area (Å²) in [7, 11) is 2.93. The standard InChI is InChI=1S/C10H12ClNO2S2/c1-2-5-9(14-10(11)13)16-15-8-6-3-4-7-12-8/h3-4,6-7,9H,2,5H2,1H3. The second-order valence-electron chi connectivity index (χ2n) is 2.92. The molecule has 0 amide bonds. The summed E-state index contributed by atoms with van der Waals surface area (Å²) in [4.78, 5) is 14.8. The van der Waals surface area contributed by atoms with Crippen LogP contribution in [-0.2, 0) is 4.74 Å². The van der Waals surface area contributed by atoms with Crippen LogP contribution >= 0.6 is 33.2 Å². The molecule has 0 aromatic carbocycles. The molecule has 0 aliphatic rings. The summed E-state index contributed by atoms with van der Waals surface area (Å²) in [5, 5.41) is 0.888. The molecule has 0 aliphatic heterocycles. The molecular formula is C10H12ClNO2S2. The molecule has 0 aliphatic carbocycles. The fourth-order valence-electron chi connectivity index (χ4n) is 0.965. The minimum absolute atomic E-state index is 0.220. The van der Waals surface area contributed by atoms with Crippen LogP contribution in [0.5, 0.6) is 0 Å². The maximum atomic E-state index is 10.6. The average molecular weight is 278 g/mol. The molecule has 3 nitrogen and oxygen atoms in total. The van der Waals surface area contributed by atoms with Gasteiger partial charge in [-0.1, -0.05) is 19.4 Å². The lowest BCUT2D eigenvalue weighted by molar-refractivity contribution is 0.159. The quantitative estimate of drug-likeness (QED) is 0.440. The zero-order valence-electron chi connectivity index (χ0n) is 8.76. The number of halogens is 1. The highest BCUT2D eigenvalue weighted by Crippen LogP contribution is 2.35. The molecule has 0 N–H and O–H groups in total. The number of hydrogen-bond acceptors (Lipinski definition) is 5. The Hall–Kier alpha value is -0.390. The van der Waals surface area contributed by atoms with Crippen molar-refractivity contribution in [3.05, 3.63) is 24.4 Å². The van der Waals surface area contributed by atoms with Crippen molar-refractivity contribution >= 4 is 38.6 Å². The molecule has 6 heteroatoms. The Labute approximate surface area is 108 Å². The van der Waals surface area contributed by atoms with Crippen molar-refractivity contribution in [2.24, 2.45) is 0 Å². The van der Waals surface area contributed by atoms with E-state index >= 15 is 0 Å². The number of hydrogen-bond donors (Lipinski definition) is 0. The average Bonchev–Trinajstić information content (AvgIpc) is 2.27. The van der Waals surface area contributed by atoms with E-state index in [4.69, 9.17) is 16.3 Å². The van der Waals surface area contributed by atoms with Gasteiger partial charge in [0, 0.05) is 17.8 Å². The van der Waals surface area contributed by atoms with Gasteiger partial charge in [0.1, 0.15) is 5.03 Å².